The summed E-state index contributed by atoms with van der Waals surface area (Å²) in [6, 6.07) is 10.6. The van der Waals surface area contributed by atoms with E-state index in [0.717, 1.165) is 39.0 Å². The highest BCUT2D eigenvalue weighted by Crippen LogP contribution is 1.97. The van der Waals surface area contributed by atoms with Crippen LogP contribution in [0, 0.1) is 6.92 Å². The third-order valence-corrected chi connectivity index (χ3v) is 2.49. The predicted octanol–water partition coefficient (Wildman–Crippen LogP) is 2.02. The minimum Gasteiger partial charge on any atom is -0.317 e. The maximum Gasteiger partial charge on any atom is -0.000834 e. The van der Waals surface area contributed by atoms with Gasteiger partial charge in [0.2, 0.25) is 0 Å². The van der Waals surface area contributed by atoms with E-state index in [4.69, 9.17) is 0 Å². The first kappa shape index (κ1) is 13.2. The fourth-order valence-corrected chi connectivity index (χ4v) is 1.59. The van der Waals surface area contributed by atoms with E-state index in [1.165, 1.54) is 12.0 Å². The first-order valence-corrected chi connectivity index (χ1v) is 6.18. The summed E-state index contributed by atoms with van der Waals surface area (Å²) in [4.78, 5) is 0. The van der Waals surface area contributed by atoms with E-state index in [-0.39, 0.29) is 0 Å². The van der Waals surface area contributed by atoms with Gasteiger partial charge >= 0.3 is 0 Å². The van der Waals surface area contributed by atoms with Crippen LogP contribution in [0.3, 0.4) is 0 Å². The van der Waals surface area contributed by atoms with Crippen LogP contribution in [-0.4, -0.2) is 26.2 Å². The highest BCUT2D eigenvalue weighted by molar-refractivity contribution is 5.14. The molecule has 0 spiro atoms. The molecule has 2 heteroatoms. The molecule has 0 aliphatic carbocycles. The van der Waals surface area contributed by atoms with E-state index in [0.29, 0.717) is 0 Å². The molecule has 0 amide bonds. The maximum absolute atomic E-state index is 3.79. The van der Waals surface area contributed by atoms with Gasteiger partial charge in [-0.05, 0) is 51.0 Å². The molecule has 0 atom stereocenters. The van der Waals surface area contributed by atoms with Gasteiger partial charge in [-0.15, -0.1) is 0 Å². The Balaban J connectivity index is 1.89. The van der Waals surface area contributed by atoms with Crippen molar-refractivity contribution in [2.75, 3.05) is 26.2 Å². The Morgan fingerprint density at radius 3 is 2.25 bits per heavy atom. The van der Waals surface area contributed by atoms with Gasteiger partial charge < -0.3 is 10.6 Å². The van der Waals surface area contributed by atoms with Crippen LogP contribution in [0.4, 0.5) is 0 Å². The highest BCUT2D eigenvalue weighted by Gasteiger charge is 1.91. The van der Waals surface area contributed by atoms with Gasteiger partial charge in [0, 0.05) is 0 Å². The minimum atomic E-state index is 0.974. The second-order valence-electron chi connectivity index (χ2n) is 3.94. The van der Waals surface area contributed by atoms with Gasteiger partial charge in [-0.3, -0.25) is 0 Å². The van der Waals surface area contributed by atoms with Crippen LogP contribution in [0.5, 0.6) is 0 Å². The molecule has 0 saturated carbocycles. The summed E-state index contributed by atoms with van der Waals surface area (Å²) in [6.07, 6.45) is 3.28. The van der Waals surface area contributed by atoms with Crippen molar-refractivity contribution < 1.29 is 0 Å². The van der Waals surface area contributed by atoms with Gasteiger partial charge in [-0.2, -0.15) is 0 Å². The fourth-order valence-electron chi connectivity index (χ4n) is 1.59. The highest BCUT2D eigenvalue weighted by atomic mass is 14.9. The number of rotatable bonds is 9. The Morgan fingerprint density at radius 1 is 0.875 bits per heavy atom. The zero-order chi connectivity index (χ0) is 11.5. The van der Waals surface area contributed by atoms with E-state index >= 15 is 0 Å². The maximum atomic E-state index is 3.79. The van der Waals surface area contributed by atoms with Crippen LogP contribution in [-0.2, 0) is 6.42 Å². The standard InChI is InChI=1S/C14H23N2/c1-2-10-15-11-6-12-16-13-9-14-7-4-3-5-8-14/h3-5,7-8,15-16H,1-2,6,9-13H2. The van der Waals surface area contributed by atoms with Crippen molar-refractivity contribution in [1.82, 2.24) is 10.6 Å². The molecule has 1 aromatic carbocycles. The number of nitrogens with one attached hydrogen (secondary N) is 2. The van der Waals surface area contributed by atoms with Gasteiger partial charge in [-0.1, -0.05) is 37.3 Å². The number of hydrogen-bond acceptors (Lipinski definition) is 2. The lowest BCUT2D eigenvalue weighted by atomic mass is 10.1. The Kier molecular flexibility index (Phi) is 7.74. The van der Waals surface area contributed by atoms with Crippen LogP contribution < -0.4 is 10.6 Å². The summed E-state index contributed by atoms with van der Waals surface area (Å²) in [7, 11) is 0. The molecule has 0 bridgehead atoms. The molecule has 0 fully saturated rings. The molecular weight excluding hydrogens is 196 g/mol. The van der Waals surface area contributed by atoms with Crippen molar-refractivity contribution in [2.45, 2.75) is 19.3 Å². The minimum absolute atomic E-state index is 0.974. The van der Waals surface area contributed by atoms with Crippen LogP contribution in [0.25, 0.3) is 0 Å². The summed E-state index contributed by atoms with van der Waals surface area (Å²) in [5, 5.41) is 6.80. The SMILES string of the molecule is [CH2]CCNCCCNCCc1ccccc1. The zero-order valence-electron chi connectivity index (χ0n) is 10.0. The third-order valence-electron chi connectivity index (χ3n) is 2.49. The van der Waals surface area contributed by atoms with Gasteiger partial charge in [0.15, 0.2) is 0 Å². The van der Waals surface area contributed by atoms with Crippen LogP contribution in [0.2, 0.25) is 0 Å². The normalized spacial score (nSPS) is 10.6. The Hall–Kier alpha value is -0.860. The summed E-state index contributed by atoms with van der Waals surface area (Å²) in [6.45, 7) is 8.07. The van der Waals surface area contributed by atoms with Gasteiger partial charge in [0.05, 0.1) is 0 Å². The molecule has 0 heterocycles. The van der Waals surface area contributed by atoms with Crippen LogP contribution in [0.15, 0.2) is 30.3 Å². The molecule has 0 aliphatic rings. The topological polar surface area (TPSA) is 24.1 Å². The molecule has 2 nitrogen and oxygen atoms in total. The summed E-state index contributed by atoms with van der Waals surface area (Å²) in [5.41, 5.74) is 1.41. The molecule has 16 heavy (non-hydrogen) atoms. The van der Waals surface area contributed by atoms with Crippen molar-refractivity contribution in [3.63, 3.8) is 0 Å². The predicted molar refractivity (Wildman–Crippen MR) is 70.5 cm³/mol. The lowest BCUT2D eigenvalue weighted by molar-refractivity contribution is 0.598. The first-order valence-electron chi connectivity index (χ1n) is 6.18. The van der Waals surface area contributed by atoms with Crippen molar-refractivity contribution in [2.24, 2.45) is 0 Å². The largest absolute Gasteiger partial charge is 0.317 e. The zero-order valence-corrected chi connectivity index (χ0v) is 10.0. The Bertz CT molecular complexity index is 246. The molecule has 0 aliphatic heterocycles. The van der Waals surface area contributed by atoms with E-state index < -0.39 is 0 Å². The molecular formula is C14H23N2. The van der Waals surface area contributed by atoms with Crippen molar-refractivity contribution in [1.29, 1.82) is 0 Å². The monoisotopic (exact) mass is 219 g/mol. The Morgan fingerprint density at radius 2 is 1.56 bits per heavy atom. The lowest BCUT2D eigenvalue weighted by Crippen LogP contribution is -2.23. The third kappa shape index (κ3) is 6.59. The van der Waals surface area contributed by atoms with Gasteiger partial charge in [0.1, 0.15) is 0 Å². The first-order chi connectivity index (χ1) is 7.93. The van der Waals surface area contributed by atoms with Gasteiger partial charge in [0.25, 0.3) is 0 Å². The molecule has 0 aromatic heterocycles. The number of hydrogen-bond donors (Lipinski definition) is 2. The molecule has 1 aromatic rings. The van der Waals surface area contributed by atoms with Crippen molar-refractivity contribution in [3.8, 4) is 0 Å². The van der Waals surface area contributed by atoms with Crippen LogP contribution in [0.1, 0.15) is 18.4 Å². The van der Waals surface area contributed by atoms with Gasteiger partial charge in [-0.25, -0.2) is 0 Å². The average molecular weight is 219 g/mol. The molecule has 0 saturated heterocycles. The summed E-state index contributed by atoms with van der Waals surface area (Å²) in [5.74, 6) is 0. The van der Waals surface area contributed by atoms with Crippen molar-refractivity contribution in [3.05, 3.63) is 42.8 Å². The lowest BCUT2D eigenvalue weighted by Gasteiger charge is -2.05. The summed E-state index contributed by atoms with van der Waals surface area (Å²) >= 11 is 0. The summed E-state index contributed by atoms with van der Waals surface area (Å²) < 4.78 is 0. The average Bonchev–Trinajstić information content (AvgIpc) is 2.34. The Labute approximate surface area is 99.5 Å². The van der Waals surface area contributed by atoms with Crippen LogP contribution >= 0.6 is 0 Å². The van der Waals surface area contributed by atoms with E-state index in [1.807, 2.05) is 0 Å². The molecule has 89 valence electrons. The van der Waals surface area contributed by atoms with E-state index in [2.05, 4.69) is 47.9 Å². The number of benzene rings is 1. The molecule has 2 N–H and O–H groups in total. The smallest absolute Gasteiger partial charge is 0.000834 e. The van der Waals surface area contributed by atoms with E-state index in [9.17, 15) is 0 Å². The molecule has 0 unspecified atom stereocenters. The second kappa shape index (κ2) is 9.37. The fraction of sp³-hybridized carbons (Fsp3) is 0.500. The molecule has 1 radical (unpaired) electrons. The quantitative estimate of drug-likeness (QED) is 0.621. The van der Waals surface area contributed by atoms with E-state index in [1.54, 1.807) is 0 Å². The van der Waals surface area contributed by atoms with Crippen molar-refractivity contribution >= 4 is 0 Å². The molecule has 1 rings (SSSR count). The second-order valence-corrected chi connectivity index (χ2v) is 3.94.